The van der Waals surface area contributed by atoms with Crippen molar-refractivity contribution >= 4 is 39.9 Å². The van der Waals surface area contributed by atoms with Crippen LogP contribution in [0.2, 0.25) is 0 Å². The molecule has 1 aromatic carbocycles. The zero-order valence-corrected chi connectivity index (χ0v) is 15.5. The molecule has 0 unspecified atom stereocenters. The number of nitrogens with zero attached hydrogens (tertiary/aromatic N) is 2. The lowest BCUT2D eigenvalue weighted by Gasteiger charge is -2.05. The molecule has 0 aliphatic heterocycles. The molecule has 0 bridgehead atoms. The fourth-order valence-electron chi connectivity index (χ4n) is 2.08. The highest BCUT2D eigenvalue weighted by molar-refractivity contribution is 8.00. The molecule has 25 heavy (non-hydrogen) atoms. The van der Waals surface area contributed by atoms with E-state index in [0.717, 1.165) is 27.6 Å². The van der Waals surface area contributed by atoms with Crippen molar-refractivity contribution in [1.82, 2.24) is 9.97 Å². The van der Waals surface area contributed by atoms with Gasteiger partial charge in [-0.05, 0) is 24.6 Å². The molecule has 0 spiro atoms. The molecule has 6 nitrogen and oxygen atoms in total. The van der Waals surface area contributed by atoms with Gasteiger partial charge >= 0.3 is 6.03 Å². The number of anilines is 2. The smallest absolute Gasteiger partial charge is 0.325 e. The van der Waals surface area contributed by atoms with Gasteiger partial charge in [0.05, 0.1) is 22.4 Å². The molecule has 0 saturated heterocycles. The molecular weight excluding hydrogens is 356 g/mol. The monoisotopic (exact) mass is 374 g/mol. The van der Waals surface area contributed by atoms with Crippen LogP contribution < -0.4 is 10.6 Å². The van der Waals surface area contributed by atoms with Crippen molar-refractivity contribution in [3.05, 3.63) is 53.9 Å². The lowest BCUT2D eigenvalue weighted by atomic mass is 10.2. The summed E-state index contributed by atoms with van der Waals surface area (Å²) in [4.78, 5) is 20.5. The van der Waals surface area contributed by atoms with Crippen molar-refractivity contribution in [2.45, 2.75) is 30.2 Å². The van der Waals surface area contributed by atoms with Crippen molar-refractivity contribution in [3.8, 4) is 0 Å². The van der Waals surface area contributed by atoms with Gasteiger partial charge in [-0.3, -0.25) is 5.32 Å². The van der Waals surface area contributed by atoms with E-state index in [9.17, 15) is 4.79 Å². The van der Waals surface area contributed by atoms with E-state index in [1.807, 2.05) is 38.1 Å². The van der Waals surface area contributed by atoms with Crippen LogP contribution in [0.3, 0.4) is 0 Å². The van der Waals surface area contributed by atoms with Gasteiger partial charge in [0, 0.05) is 12.1 Å². The average Bonchev–Trinajstić information content (AvgIpc) is 3.21. The Morgan fingerprint density at radius 2 is 2.16 bits per heavy atom. The molecule has 0 fully saturated rings. The second-order valence-electron chi connectivity index (χ2n) is 5.30. The molecule has 130 valence electrons. The summed E-state index contributed by atoms with van der Waals surface area (Å²) < 4.78 is 6.56. The summed E-state index contributed by atoms with van der Waals surface area (Å²) in [6, 6.07) is 7.32. The van der Waals surface area contributed by atoms with Crippen LogP contribution >= 0.6 is 23.1 Å². The maximum atomic E-state index is 12.0. The number of benzene rings is 1. The van der Waals surface area contributed by atoms with Gasteiger partial charge in [-0.25, -0.2) is 14.8 Å². The number of aromatic nitrogens is 2. The van der Waals surface area contributed by atoms with E-state index in [4.69, 9.17) is 4.42 Å². The SMILES string of the molecule is CCc1cnc(CSc2cnc(NC(=O)Nc3cccc(C)c3)s2)o1. The molecule has 0 atom stereocenters. The number of thioether (sulfide) groups is 1. The van der Waals surface area contributed by atoms with Crippen LogP contribution in [0, 0.1) is 6.92 Å². The van der Waals surface area contributed by atoms with Crippen LogP contribution in [0.5, 0.6) is 0 Å². The van der Waals surface area contributed by atoms with Gasteiger partial charge in [-0.1, -0.05) is 30.4 Å². The van der Waals surface area contributed by atoms with E-state index in [1.165, 1.54) is 11.3 Å². The van der Waals surface area contributed by atoms with Crippen LogP contribution in [-0.2, 0) is 12.2 Å². The number of carbonyl (C=O) groups excluding carboxylic acids is 1. The summed E-state index contributed by atoms with van der Waals surface area (Å²) in [6.45, 7) is 4.01. The first-order valence-electron chi connectivity index (χ1n) is 7.79. The summed E-state index contributed by atoms with van der Waals surface area (Å²) >= 11 is 3.00. The van der Waals surface area contributed by atoms with Crippen molar-refractivity contribution in [2.24, 2.45) is 0 Å². The number of thiazole rings is 1. The molecule has 2 aromatic heterocycles. The van der Waals surface area contributed by atoms with Crippen molar-refractivity contribution in [1.29, 1.82) is 0 Å². The largest absolute Gasteiger partial charge is 0.445 e. The van der Waals surface area contributed by atoms with E-state index >= 15 is 0 Å². The zero-order chi connectivity index (χ0) is 17.6. The maximum Gasteiger partial charge on any atom is 0.325 e. The Bertz CT molecular complexity index is 860. The molecule has 2 N–H and O–H groups in total. The summed E-state index contributed by atoms with van der Waals surface area (Å²) in [5.74, 6) is 2.22. The second-order valence-corrected chi connectivity index (χ2v) is 7.60. The van der Waals surface area contributed by atoms with Crippen molar-refractivity contribution in [2.75, 3.05) is 10.6 Å². The minimum atomic E-state index is -0.309. The fraction of sp³-hybridized carbons (Fsp3) is 0.235. The van der Waals surface area contributed by atoms with Gasteiger partial charge < -0.3 is 9.73 Å². The molecule has 3 rings (SSSR count). The number of amides is 2. The Labute approximate surface area is 154 Å². The van der Waals surface area contributed by atoms with Gasteiger partial charge in [0.2, 0.25) is 5.89 Å². The van der Waals surface area contributed by atoms with E-state index in [0.29, 0.717) is 16.8 Å². The number of oxazole rings is 1. The Morgan fingerprint density at radius 1 is 1.28 bits per heavy atom. The third-order valence-corrected chi connectivity index (χ3v) is 5.36. The molecule has 0 aliphatic carbocycles. The van der Waals surface area contributed by atoms with Gasteiger partial charge in [0.1, 0.15) is 5.76 Å². The first-order valence-corrected chi connectivity index (χ1v) is 9.59. The lowest BCUT2D eigenvalue weighted by Crippen LogP contribution is -2.19. The summed E-state index contributed by atoms with van der Waals surface area (Å²) in [7, 11) is 0. The third kappa shape index (κ3) is 5.07. The lowest BCUT2D eigenvalue weighted by molar-refractivity contribution is 0.262. The highest BCUT2D eigenvalue weighted by atomic mass is 32.2. The average molecular weight is 374 g/mol. The number of hydrogen-bond donors (Lipinski definition) is 2. The zero-order valence-electron chi connectivity index (χ0n) is 13.9. The predicted molar refractivity (Wildman–Crippen MR) is 101 cm³/mol. The summed E-state index contributed by atoms with van der Waals surface area (Å²) in [5, 5.41) is 6.09. The topological polar surface area (TPSA) is 80.0 Å². The van der Waals surface area contributed by atoms with E-state index in [1.54, 1.807) is 24.2 Å². The second kappa shape index (κ2) is 8.17. The summed E-state index contributed by atoms with van der Waals surface area (Å²) in [5.41, 5.74) is 1.84. The van der Waals surface area contributed by atoms with Crippen molar-refractivity contribution < 1.29 is 9.21 Å². The van der Waals surface area contributed by atoms with E-state index in [-0.39, 0.29) is 6.03 Å². The van der Waals surface area contributed by atoms with Crippen LogP contribution in [0.4, 0.5) is 15.6 Å². The Hall–Kier alpha value is -2.32. The molecule has 3 aromatic rings. The molecule has 8 heteroatoms. The minimum absolute atomic E-state index is 0.309. The van der Waals surface area contributed by atoms with E-state index in [2.05, 4.69) is 20.6 Å². The highest BCUT2D eigenvalue weighted by Gasteiger charge is 2.09. The fourth-order valence-corrected chi connectivity index (χ4v) is 3.80. The van der Waals surface area contributed by atoms with Gasteiger partial charge in [-0.15, -0.1) is 11.8 Å². The van der Waals surface area contributed by atoms with Crippen LogP contribution in [-0.4, -0.2) is 16.0 Å². The van der Waals surface area contributed by atoms with Crippen LogP contribution in [0.15, 0.2) is 45.3 Å². The molecule has 2 heterocycles. The minimum Gasteiger partial charge on any atom is -0.445 e. The number of urea groups is 1. The highest BCUT2D eigenvalue weighted by Crippen LogP contribution is 2.30. The Morgan fingerprint density at radius 3 is 2.92 bits per heavy atom. The standard InChI is InChI=1S/C17H18N4O2S2/c1-3-13-8-18-14(23-13)10-24-15-9-19-17(25-15)21-16(22)20-12-6-4-5-11(2)7-12/h4-9H,3,10H2,1-2H3,(H2,19,20,21,22). The normalized spacial score (nSPS) is 10.6. The number of aryl methyl sites for hydroxylation is 2. The molecule has 2 amide bonds. The van der Waals surface area contributed by atoms with E-state index < -0.39 is 0 Å². The molecular formula is C17H18N4O2S2. The molecule has 0 aliphatic rings. The quantitative estimate of drug-likeness (QED) is 0.598. The van der Waals surface area contributed by atoms with Gasteiger partial charge in [0.15, 0.2) is 5.13 Å². The number of carbonyl (C=O) groups is 1. The first-order chi connectivity index (χ1) is 12.1. The Balaban J connectivity index is 1.51. The number of nitrogens with one attached hydrogen (secondary N) is 2. The third-order valence-electron chi connectivity index (χ3n) is 3.27. The first kappa shape index (κ1) is 17.5. The maximum absolute atomic E-state index is 12.0. The summed E-state index contributed by atoms with van der Waals surface area (Å²) in [6.07, 6.45) is 4.33. The Kier molecular flexibility index (Phi) is 5.72. The van der Waals surface area contributed by atoms with Crippen molar-refractivity contribution in [3.63, 3.8) is 0 Å². The molecule has 0 radical (unpaired) electrons. The number of hydrogen-bond acceptors (Lipinski definition) is 6. The van der Waals surface area contributed by atoms with Crippen LogP contribution in [0.25, 0.3) is 0 Å². The predicted octanol–water partition coefficient (Wildman–Crippen LogP) is 4.94. The van der Waals surface area contributed by atoms with Gasteiger partial charge in [-0.2, -0.15) is 0 Å². The molecule has 0 saturated carbocycles. The van der Waals surface area contributed by atoms with Gasteiger partial charge in [0.25, 0.3) is 0 Å². The number of rotatable bonds is 6. The van der Waals surface area contributed by atoms with Crippen LogP contribution in [0.1, 0.15) is 24.1 Å².